The van der Waals surface area contributed by atoms with Crippen LogP contribution in [-0.4, -0.2) is 0 Å². The number of hydrogen-bond acceptors (Lipinski definition) is 0. The lowest BCUT2D eigenvalue weighted by Gasteiger charge is -2.04. The van der Waals surface area contributed by atoms with Crippen LogP contribution in [0.2, 0.25) is 0 Å². The summed E-state index contributed by atoms with van der Waals surface area (Å²) in [7, 11) is 0. The maximum Gasteiger partial charge on any atom is -0.0262 e. The molecule has 0 aromatic heterocycles. The van der Waals surface area contributed by atoms with Crippen LogP contribution < -0.4 is 0 Å². The van der Waals surface area contributed by atoms with Crippen molar-refractivity contribution in [2.24, 2.45) is 0 Å². The Morgan fingerprint density at radius 1 is 0.577 bits per heavy atom. The van der Waals surface area contributed by atoms with E-state index < -0.39 is 0 Å². The number of rotatable bonds is 18. The molecule has 0 amide bonds. The Kier molecular flexibility index (Phi) is 15.4. The summed E-state index contributed by atoms with van der Waals surface area (Å²) in [6.07, 6.45) is 26.2. The van der Waals surface area contributed by atoms with Crippen LogP contribution in [0.25, 0.3) is 6.08 Å². The maximum absolute atomic E-state index is 3.81. The van der Waals surface area contributed by atoms with Crippen LogP contribution in [0.15, 0.2) is 30.8 Å². The Labute approximate surface area is 164 Å². The molecule has 0 aliphatic carbocycles. The first-order chi connectivity index (χ1) is 12.9. The molecule has 0 aliphatic heterocycles. The van der Waals surface area contributed by atoms with E-state index in [4.69, 9.17) is 0 Å². The topological polar surface area (TPSA) is 0 Å². The molecular formula is C26H44. The quantitative estimate of drug-likeness (QED) is 0.230. The predicted molar refractivity (Wildman–Crippen MR) is 120 cm³/mol. The molecule has 0 radical (unpaired) electrons. The number of benzene rings is 1. The van der Waals surface area contributed by atoms with E-state index in [1.54, 1.807) is 0 Å². The average molecular weight is 357 g/mol. The largest absolute Gasteiger partial charge is 0.0985 e. The van der Waals surface area contributed by atoms with E-state index in [0.29, 0.717) is 0 Å². The molecule has 0 spiro atoms. The summed E-state index contributed by atoms with van der Waals surface area (Å²) in [6.45, 7) is 6.10. The molecule has 0 bridgehead atoms. The standard InChI is InChI=1S/C26H44/c1-3-5-6-7-8-9-10-11-12-13-14-15-16-17-18-19-20-26-23-21-25(4-2)22-24-26/h4,21-24H,2-3,5-20H2,1H3. The second kappa shape index (κ2) is 17.4. The van der Waals surface area contributed by atoms with Crippen molar-refractivity contribution in [3.63, 3.8) is 0 Å². The molecule has 1 aromatic rings. The molecule has 26 heavy (non-hydrogen) atoms. The van der Waals surface area contributed by atoms with Gasteiger partial charge in [-0.15, -0.1) is 0 Å². The summed E-state index contributed by atoms with van der Waals surface area (Å²) in [5.74, 6) is 0. The lowest BCUT2D eigenvalue weighted by molar-refractivity contribution is 0.529. The highest BCUT2D eigenvalue weighted by Gasteiger charge is 1.96. The van der Waals surface area contributed by atoms with Gasteiger partial charge in [0.25, 0.3) is 0 Å². The van der Waals surface area contributed by atoms with E-state index in [0.717, 1.165) is 0 Å². The van der Waals surface area contributed by atoms with Crippen LogP contribution in [0.1, 0.15) is 121 Å². The fourth-order valence-electron chi connectivity index (χ4n) is 3.70. The maximum atomic E-state index is 3.81. The molecule has 148 valence electrons. The molecule has 0 saturated heterocycles. The van der Waals surface area contributed by atoms with Crippen LogP contribution in [0, 0.1) is 0 Å². The molecule has 0 unspecified atom stereocenters. The number of hydrogen-bond donors (Lipinski definition) is 0. The normalized spacial score (nSPS) is 11.0. The summed E-state index contributed by atoms with van der Waals surface area (Å²) in [6, 6.07) is 8.86. The molecule has 0 heteroatoms. The number of aryl methyl sites for hydroxylation is 1. The van der Waals surface area contributed by atoms with Gasteiger partial charge in [-0.25, -0.2) is 0 Å². The lowest BCUT2D eigenvalue weighted by atomic mass is 10.0. The van der Waals surface area contributed by atoms with Crippen molar-refractivity contribution >= 4 is 6.08 Å². The highest BCUT2D eigenvalue weighted by molar-refractivity contribution is 5.47. The van der Waals surface area contributed by atoms with Gasteiger partial charge in [-0.3, -0.25) is 0 Å². The van der Waals surface area contributed by atoms with Gasteiger partial charge < -0.3 is 0 Å². The Balaban J connectivity index is 1.77. The first-order valence-electron chi connectivity index (χ1n) is 11.6. The molecular weight excluding hydrogens is 312 g/mol. The zero-order chi connectivity index (χ0) is 18.7. The minimum absolute atomic E-state index is 1.22. The van der Waals surface area contributed by atoms with Gasteiger partial charge in [-0.1, -0.05) is 140 Å². The summed E-state index contributed by atoms with van der Waals surface area (Å²) in [4.78, 5) is 0. The van der Waals surface area contributed by atoms with Crippen molar-refractivity contribution in [3.05, 3.63) is 42.0 Å². The smallest absolute Gasteiger partial charge is 0.0262 e. The third kappa shape index (κ3) is 13.2. The van der Waals surface area contributed by atoms with Crippen LogP contribution in [0.3, 0.4) is 0 Å². The summed E-state index contributed by atoms with van der Waals surface area (Å²) in [5, 5.41) is 0. The molecule has 0 heterocycles. The molecule has 0 aliphatic rings. The van der Waals surface area contributed by atoms with E-state index in [1.165, 1.54) is 120 Å². The van der Waals surface area contributed by atoms with Gasteiger partial charge in [0.05, 0.1) is 0 Å². The Morgan fingerprint density at radius 3 is 1.35 bits per heavy atom. The van der Waals surface area contributed by atoms with Gasteiger partial charge >= 0.3 is 0 Å². The van der Waals surface area contributed by atoms with E-state index in [1.807, 2.05) is 6.08 Å². The summed E-state index contributed by atoms with van der Waals surface area (Å²) in [5.41, 5.74) is 2.70. The van der Waals surface area contributed by atoms with E-state index >= 15 is 0 Å². The fraction of sp³-hybridized carbons (Fsp3) is 0.692. The highest BCUT2D eigenvalue weighted by atomic mass is 14.0. The van der Waals surface area contributed by atoms with Crippen molar-refractivity contribution in [1.29, 1.82) is 0 Å². The molecule has 1 aromatic carbocycles. The lowest BCUT2D eigenvalue weighted by Crippen LogP contribution is -1.87. The van der Waals surface area contributed by atoms with Crippen molar-refractivity contribution in [2.75, 3.05) is 0 Å². The fourth-order valence-corrected chi connectivity index (χ4v) is 3.70. The Morgan fingerprint density at radius 2 is 0.962 bits per heavy atom. The molecule has 0 N–H and O–H groups in total. The van der Waals surface area contributed by atoms with Crippen molar-refractivity contribution < 1.29 is 0 Å². The minimum atomic E-state index is 1.22. The van der Waals surface area contributed by atoms with Crippen LogP contribution in [0.5, 0.6) is 0 Å². The van der Waals surface area contributed by atoms with Gasteiger partial charge in [0.2, 0.25) is 0 Å². The molecule has 0 atom stereocenters. The van der Waals surface area contributed by atoms with E-state index in [9.17, 15) is 0 Å². The third-order valence-corrected chi connectivity index (χ3v) is 5.53. The van der Waals surface area contributed by atoms with Crippen LogP contribution >= 0.6 is 0 Å². The number of unbranched alkanes of at least 4 members (excludes halogenated alkanes) is 15. The summed E-state index contributed by atoms with van der Waals surface area (Å²) < 4.78 is 0. The predicted octanol–water partition coefficient (Wildman–Crippen LogP) is 9.13. The Bertz CT molecular complexity index is 414. The Hall–Kier alpha value is -1.04. The zero-order valence-electron chi connectivity index (χ0n) is 17.6. The minimum Gasteiger partial charge on any atom is -0.0985 e. The zero-order valence-corrected chi connectivity index (χ0v) is 17.6. The summed E-state index contributed by atoms with van der Waals surface area (Å²) >= 11 is 0. The van der Waals surface area contributed by atoms with Crippen LogP contribution in [0.4, 0.5) is 0 Å². The second-order valence-corrected chi connectivity index (χ2v) is 8.00. The first-order valence-corrected chi connectivity index (χ1v) is 11.6. The van der Waals surface area contributed by atoms with Gasteiger partial charge in [0, 0.05) is 0 Å². The van der Waals surface area contributed by atoms with Crippen molar-refractivity contribution in [3.8, 4) is 0 Å². The van der Waals surface area contributed by atoms with Gasteiger partial charge in [0.1, 0.15) is 0 Å². The second-order valence-electron chi connectivity index (χ2n) is 8.00. The van der Waals surface area contributed by atoms with E-state index in [-0.39, 0.29) is 0 Å². The highest BCUT2D eigenvalue weighted by Crippen LogP contribution is 2.15. The molecule has 0 fully saturated rings. The van der Waals surface area contributed by atoms with Gasteiger partial charge in [-0.05, 0) is 24.0 Å². The third-order valence-electron chi connectivity index (χ3n) is 5.53. The average Bonchev–Trinajstić information content (AvgIpc) is 2.68. The monoisotopic (exact) mass is 356 g/mol. The molecule has 0 nitrogen and oxygen atoms in total. The van der Waals surface area contributed by atoms with Crippen molar-refractivity contribution in [1.82, 2.24) is 0 Å². The SMILES string of the molecule is C=Cc1ccc(CCCCCCCCCCCCCCCCCC)cc1. The van der Waals surface area contributed by atoms with Gasteiger partial charge in [0.15, 0.2) is 0 Å². The molecule has 0 saturated carbocycles. The molecule has 1 rings (SSSR count). The van der Waals surface area contributed by atoms with Gasteiger partial charge in [-0.2, -0.15) is 0 Å². The van der Waals surface area contributed by atoms with Crippen molar-refractivity contribution in [2.45, 2.75) is 116 Å². The van der Waals surface area contributed by atoms with E-state index in [2.05, 4.69) is 37.8 Å². The van der Waals surface area contributed by atoms with Crippen LogP contribution in [-0.2, 0) is 6.42 Å². The first kappa shape index (κ1) is 23.0.